The van der Waals surface area contributed by atoms with Gasteiger partial charge in [0.2, 0.25) is 0 Å². The molecule has 5 heterocycles. The van der Waals surface area contributed by atoms with Crippen molar-refractivity contribution in [2.45, 2.75) is 32.7 Å². The highest BCUT2D eigenvalue weighted by atomic mass is 32.1. The second-order valence-electron chi connectivity index (χ2n) is 9.53. The molecule has 35 heavy (non-hydrogen) atoms. The first-order valence-electron chi connectivity index (χ1n) is 12.0. The summed E-state index contributed by atoms with van der Waals surface area (Å²) < 4.78 is 2.98. The molecule has 1 aliphatic heterocycles. The molecule has 8 heteroatoms. The monoisotopic (exact) mass is 484 g/mol. The van der Waals surface area contributed by atoms with Crippen molar-refractivity contribution in [2.24, 2.45) is 0 Å². The van der Waals surface area contributed by atoms with Crippen LogP contribution in [0, 0.1) is 6.92 Å². The standard InChI is InChI=1S/C27H28N6OS/c1-16(2)23-24(19-11-17(3)26-29-15-30-33(26)13-19)31-20-12-22(35-25(20)23)27(34)32-10-9-28-21(14-32)18-7-5-4-6-8-18/h4-8,11-13,15-16,21,28,31H,9-10,14H2,1-3H3/t21-/m1/s1. The molecule has 0 aliphatic carbocycles. The molecule has 4 aromatic heterocycles. The normalized spacial score (nSPS) is 16.6. The lowest BCUT2D eigenvalue weighted by molar-refractivity contribution is 0.0708. The van der Waals surface area contributed by atoms with Crippen LogP contribution in [0.1, 0.15) is 52.2 Å². The zero-order valence-corrected chi connectivity index (χ0v) is 20.9. The van der Waals surface area contributed by atoms with Gasteiger partial charge in [0.1, 0.15) is 6.33 Å². The van der Waals surface area contributed by atoms with Crippen LogP contribution in [0.15, 0.2) is 55.0 Å². The quantitative estimate of drug-likeness (QED) is 0.369. The molecule has 0 saturated carbocycles. The van der Waals surface area contributed by atoms with E-state index in [1.54, 1.807) is 17.7 Å². The molecular formula is C27H28N6OS. The number of thiophene rings is 1. The van der Waals surface area contributed by atoms with E-state index in [1.165, 1.54) is 11.1 Å². The second kappa shape index (κ2) is 8.62. The summed E-state index contributed by atoms with van der Waals surface area (Å²) in [6.07, 6.45) is 3.60. The number of nitrogens with zero attached hydrogens (tertiary/aromatic N) is 4. The molecule has 5 aromatic rings. The Balaban J connectivity index is 1.34. The van der Waals surface area contributed by atoms with Crippen LogP contribution in [0.4, 0.5) is 0 Å². The van der Waals surface area contributed by atoms with E-state index < -0.39 is 0 Å². The highest BCUT2D eigenvalue weighted by molar-refractivity contribution is 7.21. The molecule has 2 N–H and O–H groups in total. The summed E-state index contributed by atoms with van der Waals surface area (Å²) in [5.74, 6) is 0.409. The Morgan fingerprint density at radius 2 is 2.03 bits per heavy atom. The molecule has 1 aromatic carbocycles. The predicted octanol–water partition coefficient (Wildman–Crippen LogP) is 5.16. The van der Waals surface area contributed by atoms with E-state index in [-0.39, 0.29) is 11.9 Å². The van der Waals surface area contributed by atoms with Crippen molar-refractivity contribution < 1.29 is 4.79 Å². The summed E-state index contributed by atoms with van der Waals surface area (Å²) in [7, 11) is 0. The number of piperazine rings is 1. The molecule has 1 saturated heterocycles. The molecule has 0 bridgehead atoms. The number of amides is 1. The molecule has 0 radical (unpaired) electrons. The third kappa shape index (κ3) is 3.83. The third-order valence-corrected chi connectivity index (χ3v) is 7.96. The van der Waals surface area contributed by atoms with Crippen molar-refractivity contribution in [1.29, 1.82) is 0 Å². The lowest BCUT2D eigenvalue weighted by atomic mass is 9.99. The number of fused-ring (bicyclic) bond motifs is 2. The third-order valence-electron chi connectivity index (χ3n) is 6.81. The van der Waals surface area contributed by atoms with Gasteiger partial charge in [-0.3, -0.25) is 4.79 Å². The van der Waals surface area contributed by atoms with E-state index in [0.29, 0.717) is 19.0 Å². The molecule has 7 nitrogen and oxygen atoms in total. The van der Waals surface area contributed by atoms with Crippen molar-refractivity contribution in [3.8, 4) is 11.3 Å². The highest BCUT2D eigenvalue weighted by Crippen LogP contribution is 2.40. The van der Waals surface area contributed by atoms with E-state index in [4.69, 9.17) is 0 Å². The van der Waals surface area contributed by atoms with E-state index in [1.807, 2.05) is 39.9 Å². The second-order valence-corrected chi connectivity index (χ2v) is 10.6. The molecule has 1 aliphatic rings. The number of pyridine rings is 1. The Morgan fingerprint density at radius 3 is 2.83 bits per heavy atom. The van der Waals surface area contributed by atoms with Crippen molar-refractivity contribution in [1.82, 2.24) is 29.8 Å². The van der Waals surface area contributed by atoms with E-state index in [9.17, 15) is 4.79 Å². The minimum Gasteiger partial charge on any atom is -0.354 e. The molecule has 0 spiro atoms. The summed E-state index contributed by atoms with van der Waals surface area (Å²) in [5.41, 5.74) is 7.59. The fourth-order valence-electron chi connectivity index (χ4n) is 5.11. The zero-order valence-electron chi connectivity index (χ0n) is 20.1. The topological polar surface area (TPSA) is 78.3 Å². The van der Waals surface area contributed by atoms with Gasteiger partial charge in [-0.25, -0.2) is 9.50 Å². The first-order chi connectivity index (χ1) is 17.0. The first kappa shape index (κ1) is 22.0. The van der Waals surface area contributed by atoms with Crippen molar-refractivity contribution in [3.05, 3.63) is 76.6 Å². The molecule has 178 valence electrons. The Labute approximate surface area is 207 Å². The maximum atomic E-state index is 13.5. The Bertz CT molecular complexity index is 1530. The van der Waals surface area contributed by atoms with Crippen molar-refractivity contribution in [3.63, 3.8) is 0 Å². The van der Waals surface area contributed by atoms with E-state index in [0.717, 1.165) is 44.1 Å². The average Bonchev–Trinajstić information content (AvgIpc) is 3.58. The van der Waals surface area contributed by atoms with Gasteiger partial charge < -0.3 is 15.2 Å². The van der Waals surface area contributed by atoms with Gasteiger partial charge in [0.15, 0.2) is 5.65 Å². The smallest absolute Gasteiger partial charge is 0.264 e. The first-order valence-corrected chi connectivity index (χ1v) is 12.8. The number of hydrogen-bond acceptors (Lipinski definition) is 5. The van der Waals surface area contributed by atoms with Gasteiger partial charge in [0.05, 0.1) is 20.8 Å². The number of H-pyrrole nitrogens is 1. The molecular weight excluding hydrogens is 456 g/mol. The number of carbonyl (C=O) groups excluding carboxylic acids is 1. The fraction of sp³-hybridized carbons (Fsp3) is 0.296. The van der Waals surface area contributed by atoms with Gasteiger partial charge in [-0.2, -0.15) is 5.10 Å². The van der Waals surface area contributed by atoms with Crippen LogP contribution >= 0.6 is 11.3 Å². The lowest BCUT2D eigenvalue weighted by Gasteiger charge is -2.33. The minimum absolute atomic E-state index is 0.109. The van der Waals surface area contributed by atoms with E-state index in [2.05, 4.69) is 59.4 Å². The van der Waals surface area contributed by atoms with Crippen molar-refractivity contribution in [2.75, 3.05) is 19.6 Å². The predicted molar refractivity (Wildman–Crippen MR) is 140 cm³/mol. The number of carbonyl (C=O) groups is 1. The van der Waals surface area contributed by atoms with Gasteiger partial charge in [-0.05, 0) is 41.7 Å². The molecule has 0 unspecified atom stereocenters. The van der Waals surface area contributed by atoms with Gasteiger partial charge >= 0.3 is 0 Å². The number of aryl methyl sites for hydroxylation is 1. The van der Waals surface area contributed by atoms with Crippen LogP contribution in [-0.4, -0.2) is 50.0 Å². The highest BCUT2D eigenvalue weighted by Gasteiger charge is 2.28. The van der Waals surface area contributed by atoms with Gasteiger partial charge in [-0.15, -0.1) is 11.3 Å². The average molecular weight is 485 g/mol. The Morgan fingerprint density at radius 1 is 1.20 bits per heavy atom. The summed E-state index contributed by atoms with van der Waals surface area (Å²) in [5, 5.41) is 7.89. The van der Waals surface area contributed by atoms with Crippen LogP contribution in [0.5, 0.6) is 0 Å². The molecule has 1 fully saturated rings. The van der Waals surface area contributed by atoms with Crippen LogP contribution < -0.4 is 5.32 Å². The molecule has 1 atom stereocenters. The molecule has 1 amide bonds. The molecule has 6 rings (SSSR count). The number of aromatic nitrogens is 4. The largest absolute Gasteiger partial charge is 0.354 e. The lowest BCUT2D eigenvalue weighted by Crippen LogP contribution is -2.48. The van der Waals surface area contributed by atoms with Crippen LogP contribution in [-0.2, 0) is 0 Å². The minimum atomic E-state index is 0.109. The Hall–Kier alpha value is -3.49. The Kier molecular flexibility index (Phi) is 5.42. The summed E-state index contributed by atoms with van der Waals surface area (Å²) in [4.78, 5) is 24.3. The summed E-state index contributed by atoms with van der Waals surface area (Å²) in [6, 6.07) is 14.7. The van der Waals surface area contributed by atoms with Crippen LogP contribution in [0.25, 0.3) is 27.1 Å². The van der Waals surface area contributed by atoms with Gasteiger partial charge in [0, 0.05) is 37.4 Å². The summed E-state index contributed by atoms with van der Waals surface area (Å²) in [6.45, 7) is 8.65. The fourth-order valence-corrected chi connectivity index (χ4v) is 6.39. The number of nitrogens with one attached hydrogen (secondary N) is 2. The number of rotatable bonds is 4. The maximum absolute atomic E-state index is 13.5. The SMILES string of the molecule is Cc1cc(-c2[nH]c3cc(C(=O)N4CCN[C@@H](c5ccccc5)C4)sc3c2C(C)C)cn2ncnc12. The van der Waals surface area contributed by atoms with Gasteiger partial charge in [-0.1, -0.05) is 44.2 Å². The maximum Gasteiger partial charge on any atom is 0.264 e. The summed E-state index contributed by atoms with van der Waals surface area (Å²) >= 11 is 1.60. The van der Waals surface area contributed by atoms with Gasteiger partial charge in [0.25, 0.3) is 5.91 Å². The number of benzene rings is 1. The van der Waals surface area contributed by atoms with Crippen LogP contribution in [0.2, 0.25) is 0 Å². The van der Waals surface area contributed by atoms with E-state index >= 15 is 0 Å². The number of hydrogen-bond donors (Lipinski definition) is 2. The number of aromatic amines is 1. The van der Waals surface area contributed by atoms with Crippen LogP contribution in [0.3, 0.4) is 0 Å². The zero-order chi connectivity index (χ0) is 24.1. The van der Waals surface area contributed by atoms with Crippen molar-refractivity contribution >= 4 is 33.1 Å².